The van der Waals surface area contributed by atoms with Crippen molar-refractivity contribution < 1.29 is 13.9 Å². The van der Waals surface area contributed by atoms with E-state index < -0.39 is 11.8 Å². The van der Waals surface area contributed by atoms with Gasteiger partial charge in [-0.2, -0.15) is 5.26 Å². The van der Waals surface area contributed by atoms with Crippen LogP contribution in [0.25, 0.3) is 0 Å². The molecule has 0 aliphatic rings. The highest BCUT2D eigenvalue weighted by molar-refractivity contribution is 5.72. The fourth-order valence-corrected chi connectivity index (χ4v) is 0.988. The molecule has 1 aromatic rings. The lowest BCUT2D eigenvalue weighted by molar-refractivity contribution is -0.139. The van der Waals surface area contributed by atoms with Gasteiger partial charge in [0.25, 0.3) is 0 Å². The number of halogens is 1. The summed E-state index contributed by atoms with van der Waals surface area (Å²) in [7, 11) is 1.24. The second-order valence-corrected chi connectivity index (χ2v) is 2.67. The van der Waals surface area contributed by atoms with Crippen LogP contribution in [-0.2, 0) is 16.0 Å². The minimum atomic E-state index is -0.561. The summed E-state index contributed by atoms with van der Waals surface area (Å²) in [6, 6.07) is 5.77. The second kappa shape index (κ2) is 4.38. The third kappa shape index (κ3) is 2.30. The smallest absolute Gasteiger partial charge is 0.310 e. The second-order valence-electron chi connectivity index (χ2n) is 2.67. The highest BCUT2D eigenvalue weighted by atomic mass is 19.1. The van der Waals surface area contributed by atoms with Crippen molar-refractivity contribution >= 4 is 5.97 Å². The van der Waals surface area contributed by atoms with E-state index in [2.05, 4.69) is 4.74 Å². The van der Waals surface area contributed by atoms with Gasteiger partial charge in [-0.05, 0) is 17.7 Å². The molecule has 3 nitrogen and oxygen atoms in total. The molecule has 72 valence electrons. The Balaban J connectivity index is 2.90. The number of nitrogens with zero attached hydrogens (tertiary/aromatic N) is 1. The van der Waals surface area contributed by atoms with E-state index in [1.165, 1.54) is 19.2 Å². The van der Waals surface area contributed by atoms with Gasteiger partial charge in [-0.1, -0.05) is 6.07 Å². The summed E-state index contributed by atoms with van der Waals surface area (Å²) in [6.07, 6.45) is -0.117. The van der Waals surface area contributed by atoms with Gasteiger partial charge in [0, 0.05) is 0 Å². The Morgan fingerprint density at radius 2 is 2.36 bits per heavy atom. The van der Waals surface area contributed by atoms with E-state index in [9.17, 15) is 9.18 Å². The molecule has 0 bridgehead atoms. The lowest BCUT2D eigenvalue weighted by atomic mass is 10.1. The summed E-state index contributed by atoms with van der Waals surface area (Å²) in [6.45, 7) is 0. The molecular weight excluding hydrogens is 185 g/mol. The monoisotopic (exact) mass is 193 g/mol. The maximum atomic E-state index is 13.2. The van der Waals surface area contributed by atoms with E-state index in [1.807, 2.05) is 0 Å². The first-order chi connectivity index (χ1) is 6.67. The first-order valence-electron chi connectivity index (χ1n) is 3.92. The normalized spacial score (nSPS) is 9.21. The molecule has 1 rings (SSSR count). The lowest BCUT2D eigenvalue weighted by Gasteiger charge is -2.01. The molecule has 0 aliphatic carbocycles. The van der Waals surface area contributed by atoms with Gasteiger partial charge in [-0.15, -0.1) is 0 Å². The first kappa shape index (κ1) is 10.2. The topological polar surface area (TPSA) is 50.1 Å². The number of hydrogen-bond donors (Lipinski definition) is 0. The van der Waals surface area contributed by atoms with Gasteiger partial charge in [-0.25, -0.2) is 4.39 Å². The SMILES string of the molecule is COC(=O)Cc1ccc(C#N)cc1F. The summed E-state index contributed by atoms with van der Waals surface area (Å²) < 4.78 is 17.6. The Labute approximate surface area is 80.7 Å². The number of ether oxygens (including phenoxy) is 1. The third-order valence-corrected chi connectivity index (χ3v) is 1.74. The van der Waals surface area contributed by atoms with Crippen LogP contribution in [0.2, 0.25) is 0 Å². The number of carbonyl (C=O) groups is 1. The molecule has 14 heavy (non-hydrogen) atoms. The minimum absolute atomic E-state index is 0.117. The summed E-state index contributed by atoms with van der Waals surface area (Å²) in [5.74, 6) is -1.07. The molecule has 1 aromatic carbocycles. The average molecular weight is 193 g/mol. The van der Waals surface area contributed by atoms with Crippen LogP contribution in [0.4, 0.5) is 4.39 Å². The van der Waals surface area contributed by atoms with E-state index in [-0.39, 0.29) is 17.5 Å². The summed E-state index contributed by atoms with van der Waals surface area (Å²) in [5, 5.41) is 8.47. The molecule has 0 aliphatic heterocycles. The van der Waals surface area contributed by atoms with Crippen LogP contribution in [0, 0.1) is 17.1 Å². The Kier molecular flexibility index (Phi) is 3.19. The van der Waals surface area contributed by atoms with Crippen molar-refractivity contribution in [3.63, 3.8) is 0 Å². The highest BCUT2D eigenvalue weighted by Crippen LogP contribution is 2.10. The van der Waals surface area contributed by atoms with E-state index in [1.54, 1.807) is 6.07 Å². The van der Waals surface area contributed by atoms with Gasteiger partial charge >= 0.3 is 5.97 Å². The standard InChI is InChI=1S/C10H8FNO2/c1-14-10(13)5-8-3-2-7(6-12)4-9(8)11/h2-4H,5H2,1H3. The van der Waals surface area contributed by atoms with Crippen molar-refractivity contribution in [3.8, 4) is 6.07 Å². The summed E-state index contributed by atoms with van der Waals surface area (Å²) in [5.41, 5.74) is 0.465. The first-order valence-corrected chi connectivity index (χ1v) is 3.92. The zero-order chi connectivity index (χ0) is 10.6. The van der Waals surface area contributed by atoms with Crippen LogP contribution < -0.4 is 0 Å². The number of esters is 1. The molecule has 0 radical (unpaired) electrons. The van der Waals surface area contributed by atoms with E-state index in [0.29, 0.717) is 0 Å². The lowest BCUT2D eigenvalue weighted by Crippen LogP contribution is -2.06. The van der Waals surface area contributed by atoms with Crippen molar-refractivity contribution in [2.24, 2.45) is 0 Å². The molecule has 0 N–H and O–H groups in total. The van der Waals surface area contributed by atoms with Gasteiger partial charge in [0.05, 0.1) is 25.2 Å². The van der Waals surface area contributed by atoms with Gasteiger partial charge in [-0.3, -0.25) is 4.79 Å². The van der Waals surface area contributed by atoms with E-state index in [0.717, 1.165) is 6.07 Å². The van der Waals surface area contributed by atoms with Crippen molar-refractivity contribution in [1.82, 2.24) is 0 Å². The molecule has 0 heterocycles. The number of carbonyl (C=O) groups excluding carboxylic acids is 1. The third-order valence-electron chi connectivity index (χ3n) is 1.74. The van der Waals surface area contributed by atoms with Crippen LogP contribution in [0.5, 0.6) is 0 Å². The Morgan fingerprint density at radius 1 is 1.64 bits per heavy atom. The fourth-order valence-electron chi connectivity index (χ4n) is 0.988. The average Bonchev–Trinajstić information content (AvgIpc) is 2.20. The van der Waals surface area contributed by atoms with Crippen LogP contribution in [0.3, 0.4) is 0 Å². The van der Waals surface area contributed by atoms with Crippen LogP contribution in [0.1, 0.15) is 11.1 Å². The van der Waals surface area contributed by atoms with E-state index >= 15 is 0 Å². The molecule has 0 spiro atoms. The van der Waals surface area contributed by atoms with Gasteiger partial charge in [0.2, 0.25) is 0 Å². The highest BCUT2D eigenvalue weighted by Gasteiger charge is 2.08. The molecule has 0 saturated heterocycles. The van der Waals surface area contributed by atoms with E-state index in [4.69, 9.17) is 5.26 Å². The Morgan fingerprint density at radius 3 is 2.86 bits per heavy atom. The molecule has 4 heteroatoms. The van der Waals surface area contributed by atoms with Crippen molar-refractivity contribution in [1.29, 1.82) is 5.26 Å². The van der Waals surface area contributed by atoms with Crippen LogP contribution in [-0.4, -0.2) is 13.1 Å². The summed E-state index contributed by atoms with van der Waals surface area (Å²) in [4.78, 5) is 10.8. The van der Waals surface area contributed by atoms with Gasteiger partial charge in [0.15, 0.2) is 0 Å². The van der Waals surface area contributed by atoms with Gasteiger partial charge in [0.1, 0.15) is 5.82 Å². The van der Waals surface area contributed by atoms with Crippen molar-refractivity contribution in [3.05, 3.63) is 35.1 Å². The number of benzene rings is 1. The summed E-state index contributed by atoms with van der Waals surface area (Å²) >= 11 is 0. The maximum absolute atomic E-state index is 13.2. The fraction of sp³-hybridized carbons (Fsp3) is 0.200. The molecular formula is C10H8FNO2. The molecule has 0 amide bonds. The molecule has 0 unspecified atom stereocenters. The largest absolute Gasteiger partial charge is 0.469 e. The minimum Gasteiger partial charge on any atom is -0.469 e. The predicted molar refractivity (Wildman–Crippen MR) is 46.8 cm³/mol. The quantitative estimate of drug-likeness (QED) is 0.667. The molecule has 0 fully saturated rings. The number of nitriles is 1. The zero-order valence-electron chi connectivity index (χ0n) is 7.58. The maximum Gasteiger partial charge on any atom is 0.310 e. The van der Waals surface area contributed by atoms with Crippen molar-refractivity contribution in [2.45, 2.75) is 6.42 Å². The number of hydrogen-bond acceptors (Lipinski definition) is 3. The Bertz CT molecular complexity index is 396. The van der Waals surface area contributed by atoms with Crippen LogP contribution in [0.15, 0.2) is 18.2 Å². The number of methoxy groups -OCH3 is 1. The predicted octanol–water partition coefficient (Wildman–Crippen LogP) is 1.41. The Hall–Kier alpha value is -1.89. The molecule has 0 aromatic heterocycles. The zero-order valence-corrected chi connectivity index (χ0v) is 7.58. The van der Waals surface area contributed by atoms with Crippen molar-refractivity contribution in [2.75, 3.05) is 7.11 Å². The molecule has 0 saturated carbocycles. The van der Waals surface area contributed by atoms with Crippen LogP contribution >= 0.6 is 0 Å². The molecule has 0 atom stereocenters. The number of rotatable bonds is 2. The van der Waals surface area contributed by atoms with Gasteiger partial charge < -0.3 is 4.74 Å².